The summed E-state index contributed by atoms with van der Waals surface area (Å²) in [5, 5.41) is 3.10. The molecule has 0 bridgehead atoms. The van der Waals surface area contributed by atoms with Gasteiger partial charge in [0.25, 0.3) is 0 Å². The van der Waals surface area contributed by atoms with Crippen LogP contribution < -0.4 is 5.32 Å². The number of halogens is 1. The fourth-order valence-electron chi connectivity index (χ4n) is 3.37. The lowest BCUT2D eigenvalue weighted by Crippen LogP contribution is -2.48. The van der Waals surface area contributed by atoms with E-state index in [0.717, 1.165) is 40.7 Å². The van der Waals surface area contributed by atoms with Crippen LogP contribution in [-0.2, 0) is 16.8 Å². The molecular formula is C20H19BrN4O. The first-order valence-electron chi connectivity index (χ1n) is 8.65. The molecule has 1 saturated carbocycles. The molecule has 4 rings (SSSR count). The molecule has 1 aliphatic rings. The molecule has 2 aromatic heterocycles. The van der Waals surface area contributed by atoms with E-state index in [9.17, 15) is 4.79 Å². The Morgan fingerprint density at radius 1 is 1.19 bits per heavy atom. The second-order valence-corrected chi connectivity index (χ2v) is 7.54. The first kappa shape index (κ1) is 17.0. The van der Waals surface area contributed by atoms with Crippen LogP contribution in [0.25, 0.3) is 5.82 Å². The SMILES string of the molecule is O=C(NCc1ccc(-n2ccnc2)nc1)C1(c2ccc(Br)cc2)CCC1. The summed E-state index contributed by atoms with van der Waals surface area (Å²) >= 11 is 3.46. The van der Waals surface area contributed by atoms with Crippen molar-refractivity contribution in [3.05, 3.63) is 76.9 Å². The zero-order valence-electron chi connectivity index (χ0n) is 14.2. The third-order valence-electron chi connectivity index (χ3n) is 5.07. The van der Waals surface area contributed by atoms with Gasteiger partial charge in [0.1, 0.15) is 12.1 Å². The van der Waals surface area contributed by atoms with E-state index in [4.69, 9.17) is 0 Å². The van der Waals surface area contributed by atoms with Gasteiger partial charge in [-0.15, -0.1) is 0 Å². The van der Waals surface area contributed by atoms with Gasteiger partial charge in [0.15, 0.2) is 0 Å². The van der Waals surface area contributed by atoms with Crippen molar-refractivity contribution in [2.75, 3.05) is 0 Å². The number of hydrogen-bond donors (Lipinski definition) is 1. The molecule has 26 heavy (non-hydrogen) atoms. The molecular weight excluding hydrogens is 392 g/mol. The average molecular weight is 411 g/mol. The van der Waals surface area contributed by atoms with Gasteiger partial charge in [-0.25, -0.2) is 9.97 Å². The molecule has 132 valence electrons. The lowest BCUT2D eigenvalue weighted by molar-refractivity contribution is -0.130. The zero-order valence-corrected chi connectivity index (χ0v) is 15.8. The topological polar surface area (TPSA) is 59.8 Å². The third kappa shape index (κ3) is 3.17. The Morgan fingerprint density at radius 3 is 2.58 bits per heavy atom. The van der Waals surface area contributed by atoms with Crippen molar-refractivity contribution in [1.82, 2.24) is 19.9 Å². The van der Waals surface area contributed by atoms with Crippen LogP contribution in [-0.4, -0.2) is 20.4 Å². The monoisotopic (exact) mass is 410 g/mol. The maximum Gasteiger partial charge on any atom is 0.230 e. The van der Waals surface area contributed by atoms with Gasteiger partial charge >= 0.3 is 0 Å². The van der Waals surface area contributed by atoms with Crippen LogP contribution in [0.1, 0.15) is 30.4 Å². The molecule has 1 aliphatic carbocycles. The number of amides is 1. The second kappa shape index (κ2) is 7.03. The lowest BCUT2D eigenvalue weighted by atomic mass is 9.64. The van der Waals surface area contributed by atoms with Crippen molar-refractivity contribution >= 4 is 21.8 Å². The molecule has 5 nitrogen and oxygen atoms in total. The largest absolute Gasteiger partial charge is 0.351 e. The Balaban J connectivity index is 1.43. The molecule has 3 aromatic rings. The summed E-state index contributed by atoms with van der Waals surface area (Å²) in [6.07, 6.45) is 9.96. The number of carbonyl (C=O) groups excluding carboxylic acids is 1. The third-order valence-corrected chi connectivity index (χ3v) is 5.60. The van der Waals surface area contributed by atoms with Crippen LogP contribution in [0.5, 0.6) is 0 Å². The molecule has 1 amide bonds. The number of pyridine rings is 1. The molecule has 0 saturated heterocycles. The number of carbonyl (C=O) groups is 1. The summed E-state index contributed by atoms with van der Waals surface area (Å²) in [6, 6.07) is 12.0. The van der Waals surface area contributed by atoms with Gasteiger partial charge in [-0.05, 0) is 42.2 Å². The molecule has 0 radical (unpaired) electrons. The molecule has 1 N–H and O–H groups in total. The van der Waals surface area contributed by atoms with Gasteiger partial charge in [-0.2, -0.15) is 0 Å². The van der Waals surface area contributed by atoms with Crippen LogP contribution in [0.2, 0.25) is 0 Å². The van der Waals surface area contributed by atoms with E-state index in [0.29, 0.717) is 6.54 Å². The molecule has 1 fully saturated rings. The summed E-state index contributed by atoms with van der Waals surface area (Å²) in [7, 11) is 0. The average Bonchev–Trinajstić information content (AvgIpc) is 3.16. The van der Waals surface area contributed by atoms with Crippen molar-refractivity contribution in [2.24, 2.45) is 0 Å². The highest BCUT2D eigenvalue weighted by Crippen LogP contribution is 2.44. The predicted octanol–water partition coefficient (Wildman–Crippen LogP) is 3.77. The number of aromatic nitrogens is 3. The number of rotatable bonds is 5. The van der Waals surface area contributed by atoms with Crippen LogP contribution in [0, 0.1) is 0 Å². The summed E-state index contributed by atoms with van der Waals surface area (Å²) in [5.74, 6) is 0.910. The molecule has 0 spiro atoms. The van der Waals surface area contributed by atoms with Gasteiger partial charge in [-0.1, -0.05) is 40.5 Å². The highest BCUT2D eigenvalue weighted by Gasteiger charge is 2.45. The van der Waals surface area contributed by atoms with Gasteiger partial charge in [0.05, 0.1) is 5.41 Å². The normalized spacial score (nSPS) is 15.3. The van der Waals surface area contributed by atoms with Crippen molar-refractivity contribution in [1.29, 1.82) is 0 Å². The highest BCUT2D eigenvalue weighted by atomic mass is 79.9. The second-order valence-electron chi connectivity index (χ2n) is 6.62. The molecule has 6 heteroatoms. The summed E-state index contributed by atoms with van der Waals surface area (Å²) < 4.78 is 2.87. The predicted molar refractivity (Wildman–Crippen MR) is 103 cm³/mol. The fourth-order valence-corrected chi connectivity index (χ4v) is 3.63. The van der Waals surface area contributed by atoms with Crippen LogP contribution in [0.15, 0.2) is 65.8 Å². The summed E-state index contributed by atoms with van der Waals surface area (Å²) in [6.45, 7) is 0.480. The van der Waals surface area contributed by atoms with Gasteiger partial charge < -0.3 is 5.32 Å². The smallest absolute Gasteiger partial charge is 0.230 e. The van der Waals surface area contributed by atoms with E-state index < -0.39 is 0 Å². The van der Waals surface area contributed by atoms with Gasteiger partial charge in [-0.3, -0.25) is 9.36 Å². The Hall–Kier alpha value is -2.47. The fraction of sp³-hybridized carbons (Fsp3) is 0.250. The van der Waals surface area contributed by atoms with E-state index in [2.05, 4.69) is 31.2 Å². The lowest BCUT2D eigenvalue weighted by Gasteiger charge is -2.40. The van der Waals surface area contributed by atoms with E-state index in [1.54, 1.807) is 18.7 Å². The Kier molecular flexibility index (Phi) is 4.59. The molecule has 0 atom stereocenters. The quantitative estimate of drug-likeness (QED) is 0.696. The van der Waals surface area contributed by atoms with Crippen molar-refractivity contribution in [3.63, 3.8) is 0 Å². The van der Waals surface area contributed by atoms with Crippen LogP contribution >= 0.6 is 15.9 Å². The molecule has 1 aromatic carbocycles. The number of nitrogens with one attached hydrogen (secondary N) is 1. The maximum atomic E-state index is 12.9. The summed E-state index contributed by atoms with van der Waals surface area (Å²) in [4.78, 5) is 21.4. The molecule has 0 unspecified atom stereocenters. The van der Waals surface area contributed by atoms with Crippen LogP contribution in [0.4, 0.5) is 0 Å². The first-order valence-corrected chi connectivity index (χ1v) is 9.44. The van der Waals surface area contributed by atoms with Gasteiger partial charge in [0.2, 0.25) is 5.91 Å². The number of hydrogen-bond acceptors (Lipinski definition) is 3. The minimum Gasteiger partial charge on any atom is -0.351 e. The molecule has 0 aliphatic heterocycles. The number of benzene rings is 1. The van der Waals surface area contributed by atoms with Crippen LogP contribution in [0.3, 0.4) is 0 Å². The van der Waals surface area contributed by atoms with Gasteiger partial charge in [0, 0.05) is 29.6 Å². The maximum absolute atomic E-state index is 12.9. The number of nitrogens with zero attached hydrogens (tertiary/aromatic N) is 3. The summed E-state index contributed by atoms with van der Waals surface area (Å²) in [5.41, 5.74) is 1.69. The van der Waals surface area contributed by atoms with E-state index in [1.807, 2.05) is 47.2 Å². The first-order chi connectivity index (χ1) is 12.7. The Morgan fingerprint density at radius 2 is 2.00 bits per heavy atom. The standard InChI is InChI=1S/C20H19BrN4O/c21-17-5-3-16(4-6-17)20(8-1-9-20)19(26)24-13-15-2-7-18(23-12-15)25-11-10-22-14-25/h2-7,10-12,14H,1,8-9,13H2,(H,24,26). The Bertz CT molecular complexity index is 885. The van der Waals surface area contributed by atoms with Crippen molar-refractivity contribution in [2.45, 2.75) is 31.2 Å². The number of imidazole rings is 1. The minimum atomic E-state index is -0.384. The zero-order chi connectivity index (χ0) is 18.0. The van der Waals surface area contributed by atoms with E-state index in [1.165, 1.54) is 0 Å². The molecule has 2 heterocycles. The van der Waals surface area contributed by atoms with Crippen molar-refractivity contribution in [3.8, 4) is 5.82 Å². The minimum absolute atomic E-state index is 0.102. The Labute approximate surface area is 160 Å². The highest BCUT2D eigenvalue weighted by molar-refractivity contribution is 9.10. The van der Waals surface area contributed by atoms with E-state index in [-0.39, 0.29) is 11.3 Å². The van der Waals surface area contributed by atoms with Crippen molar-refractivity contribution < 1.29 is 4.79 Å². The van der Waals surface area contributed by atoms with E-state index >= 15 is 0 Å².